The summed E-state index contributed by atoms with van der Waals surface area (Å²) in [7, 11) is 1.63. The lowest BCUT2D eigenvalue weighted by Gasteiger charge is -2.10. The Bertz CT molecular complexity index is 1060. The van der Waals surface area contributed by atoms with Crippen LogP contribution in [-0.4, -0.2) is 37.3 Å². The van der Waals surface area contributed by atoms with E-state index in [1.807, 2.05) is 25.1 Å². The number of aryl methyl sites for hydroxylation is 2. The molecule has 0 fully saturated rings. The molecule has 0 N–H and O–H groups in total. The third kappa shape index (κ3) is 2.96. The third-order valence-corrected chi connectivity index (χ3v) is 5.52. The van der Waals surface area contributed by atoms with Crippen molar-refractivity contribution in [2.24, 2.45) is 0 Å². The second-order valence-electron chi connectivity index (χ2n) is 5.41. The van der Waals surface area contributed by atoms with Crippen molar-refractivity contribution in [3.8, 4) is 11.4 Å². The molecule has 0 aliphatic rings. The fourth-order valence-electron chi connectivity index (χ4n) is 2.48. The van der Waals surface area contributed by atoms with Crippen LogP contribution in [0.25, 0.3) is 15.9 Å². The number of thiophene rings is 1. The van der Waals surface area contributed by atoms with Gasteiger partial charge >= 0.3 is 0 Å². The van der Waals surface area contributed by atoms with E-state index in [0.29, 0.717) is 10.9 Å². The molecule has 0 radical (unpaired) electrons. The van der Waals surface area contributed by atoms with Gasteiger partial charge in [-0.1, -0.05) is 6.07 Å². The van der Waals surface area contributed by atoms with Crippen molar-refractivity contribution >= 4 is 33.3 Å². The largest absolute Gasteiger partial charge is 0.494 e. The molecular weight excluding hydrogens is 356 g/mol. The van der Waals surface area contributed by atoms with Crippen LogP contribution in [0.4, 0.5) is 0 Å². The highest BCUT2D eigenvalue weighted by molar-refractivity contribution is 7.99. The third-order valence-electron chi connectivity index (χ3n) is 3.61. The first-order valence-corrected chi connectivity index (χ1v) is 9.11. The van der Waals surface area contributed by atoms with Crippen molar-refractivity contribution < 1.29 is 4.74 Å². The smallest absolute Gasteiger partial charge is 0.220 e. The highest BCUT2D eigenvalue weighted by Gasteiger charge is 2.17. The highest BCUT2D eigenvalue weighted by atomic mass is 32.2. The van der Waals surface area contributed by atoms with E-state index in [2.05, 4.69) is 38.5 Å². The summed E-state index contributed by atoms with van der Waals surface area (Å²) in [5.41, 5.74) is 1.89. The van der Waals surface area contributed by atoms with Gasteiger partial charge in [-0.2, -0.15) is 4.68 Å². The number of tetrazole rings is 1. The van der Waals surface area contributed by atoms with E-state index < -0.39 is 0 Å². The molecule has 3 heterocycles. The first kappa shape index (κ1) is 16.0. The van der Waals surface area contributed by atoms with Crippen LogP contribution in [0, 0.1) is 13.8 Å². The fraction of sp³-hybridized carbons (Fsp3) is 0.188. The number of methoxy groups -OCH3 is 1. The topological polar surface area (TPSA) is 78.6 Å². The zero-order chi connectivity index (χ0) is 17.4. The summed E-state index contributed by atoms with van der Waals surface area (Å²) in [5.74, 6) is 0.707. The zero-order valence-corrected chi connectivity index (χ0v) is 15.4. The van der Waals surface area contributed by atoms with Crippen molar-refractivity contribution in [3.05, 3.63) is 41.0 Å². The minimum Gasteiger partial charge on any atom is -0.494 e. The predicted octanol–water partition coefficient (Wildman–Crippen LogP) is 3.44. The number of ether oxygens (including phenoxy) is 1. The van der Waals surface area contributed by atoms with E-state index in [1.54, 1.807) is 29.5 Å². The molecule has 0 spiro atoms. The summed E-state index contributed by atoms with van der Waals surface area (Å²) in [6, 6.07) is 7.97. The lowest BCUT2D eigenvalue weighted by atomic mass is 10.2. The molecule has 3 aromatic heterocycles. The van der Waals surface area contributed by atoms with Gasteiger partial charge in [0.25, 0.3) is 0 Å². The van der Waals surface area contributed by atoms with Gasteiger partial charge in [0.1, 0.15) is 27.6 Å². The molecule has 0 saturated heterocycles. The normalized spacial score (nSPS) is 11.2. The molecule has 0 atom stereocenters. The first-order valence-electron chi connectivity index (χ1n) is 7.48. The van der Waals surface area contributed by atoms with Gasteiger partial charge in [-0.25, -0.2) is 9.97 Å². The molecule has 25 heavy (non-hydrogen) atoms. The fourth-order valence-corrected chi connectivity index (χ4v) is 4.23. The lowest BCUT2D eigenvalue weighted by molar-refractivity contribution is 0.410. The second-order valence-corrected chi connectivity index (χ2v) is 7.60. The van der Waals surface area contributed by atoms with Crippen LogP contribution in [0.3, 0.4) is 0 Å². The van der Waals surface area contributed by atoms with Gasteiger partial charge < -0.3 is 4.74 Å². The Hall–Kier alpha value is -2.52. The summed E-state index contributed by atoms with van der Waals surface area (Å²) in [6.45, 7) is 4.07. The maximum Gasteiger partial charge on any atom is 0.220 e. The van der Waals surface area contributed by atoms with Gasteiger partial charge in [-0.15, -0.1) is 16.4 Å². The summed E-state index contributed by atoms with van der Waals surface area (Å²) >= 11 is 3.06. The summed E-state index contributed by atoms with van der Waals surface area (Å²) in [5, 5.41) is 14.6. The van der Waals surface area contributed by atoms with E-state index in [-0.39, 0.29) is 0 Å². The van der Waals surface area contributed by atoms with Gasteiger partial charge in [0.05, 0.1) is 7.11 Å². The molecule has 126 valence electrons. The van der Waals surface area contributed by atoms with Gasteiger partial charge in [-0.05, 0) is 59.8 Å². The molecule has 7 nitrogen and oxygen atoms in total. The quantitative estimate of drug-likeness (QED) is 0.509. The van der Waals surface area contributed by atoms with Crippen LogP contribution >= 0.6 is 23.1 Å². The zero-order valence-electron chi connectivity index (χ0n) is 13.8. The summed E-state index contributed by atoms with van der Waals surface area (Å²) < 4.78 is 7.12. The van der Waals surface area contributed by atoms with Crippen LogP contribution in [0.1, 0.15) is 10.4 Å². The van der Waals surface area contributed by atoms with Crippen LogP contribution in [0.2, 0.25) is 0 Å². The van der Waals surface area contributed by atoms with E-state index in [1.165, 1.54) is 16.6 Å². The Morgan fingerprint density at radius 1 is 1.16 bits per heavy atom. The van der Waals surface area contributed by atoms with Crippen molar-refractivity contribution in [3.63, 3.8) is 0 Å². The Kier molecular flexibility index (Phi) is 4.10. The maximum absolute atomic E-state index is 5.45. The molecule has 9 heteroatoms. The number of fused-ring (bicyclic) bond motifs is 1. The Morgan fingerprint density at radius 2 is 2.04 bits per heavy atom. The summed E-state index contributed by atoms with van der Waals surface area (Å²) in [6.07, 6.45) is 1.57. The van der Waals surface area contributed by atoms with E-state index in [0.717, 1.165) is 26.5 Å². The molecule has 1 aromatic carbocycles. The molecule has 0 bridgehead atoms. The second kappa shape index (κ2) is 6.41. The van der Waals surface area contributed by atoms with Gasteiger partial charge in [0.2, 0.25) is 5.16 Å². The Balaban J connectivity index is 1.79. The van der Waals surface area contributed by atoms with E-state index in [9.17, 15) is 0 Å². The number of benzene rings is 1. The van der Waals surface area contributed by atoms with Crippen molar-refractivity contribution in [1.82, 2.24) is 30.2 Å². The number of rotatable bonds is 4. The SMILES string of the molecule is COc1ccc(C)cc1-n1nnnc1Sc1ncnc2sc(C)cc12. The number of hydrogen-bond donors (Lipinski definition) is 0. The van der Waals surface area contributed by atoms with E-state index >= 15 is 0 Å². The molecule has 4 rings (SSSR count). The standard InChI is InChI=1S/C16H14N6OS2/c1-9-4-5-13(23-3)12(6-9)22-16(19-20-21-22)25-15-11-7-10(2)24-14(11)17-8-18-15/h4-8H,1-3H3. The lowest BCUT2D eigenvalue weighted by Crippen LogP contribution is -2.02. The Labute approximate surface area is 152 Å². The monoisotopic (exact) mass is 370 g/mol. The molecule has 0 saturated carbocycles. The van der Waals surface area contributed by atoms with Crippen molar-refractivity contribution in [1.29, 1.82) is 0 Å². The molecule has 0 aliphatic carbocycles. The van der Waals surface area contributed by atoms with E-state index in [4.69, 9.17) is 4.74 Å². The van der Waals surface area contributed by atoms with Crippen LogP contribution in [0.5, 0.6) is 5.75 Å². The number of nitrogens with zero attached hydrogens (tertiary/aromatic N) is 6. The summed E-state index contributed by atoms with van der Waals surface area (Å²) in [4.78, 5) is 10.9. The van der Waals surface area contributed by atoms with Crippen LogP contribution in [0.15, 0.2) is 40.8 Å². The molecule has 0 unspecified atom stereocenters. The maximum atomic E-state index is 5.45. The minimum atomic E-state index is 0.618. The van der Waals surface area contributed by atoms with Gasteiger partial charge in [0.15, 0.2) is 0 Å². The molecule has 0 amide bonds. The molecule has 0 aliphatic heterocycles. The van der Waals surface area contributed by atoms with Crippen molar-refractivity contribution in [2.45, 2.75) is 24.0 Å². The minimum absolute atomic E-state index is 0.618. The first-order chi connectivity index (χ1) is 12.2. The predicted molar refractivity (Wildman–Crippen MR) is 96.7 cm³/mol. The highest BCUT2D eigenvalue weighted by Crippen LogP contribution is 2.35. The van der Waals surface area contributed by atoms with Crippen LogP contribution < -0.4 is 4.74 Å². The Morgan fingerprint density at radius 3 is 2.88 bits per heavy atom. The molecule has 4 aromatic rings. The van der Waals surface area contributed by atoms with Gasteiger partial charge in [-0.3, -0.25) is 0 Å². The number of hydrogen-bond acceptors (Lipinski definition) is 8. The van der Waals surface area contributed by atoms with Crippen LogP contribution in [-0.2, 0) is 0 Å². The van der Waals surface area contributed by atoms with Crippen molar-refractivity contribution in [2.75, 3.05) is 7.11 Å². The van der Waals surface area contributed by atoms with Gasteiger partial charge in [0, 0.05) is 10.3 Å². The number of aromatic nitrogens is 6. The average Bonchev–Trinajstić information content (AvgIpc) is 3.21. The molecular formula is C16H14N6OS2. The average molecular weight is 370 g/mol.